The molecular formula is C23H27FN2O4S. The predicted molar refractivity (Wildman–Crippen MR) is 119 cm³/mol. The van der Waals surface area contributed by atoms with Gasteiger partial charge in [0, 0.05) is 19.3 Å². The lowest BCUT2D eigenvalue weighted by molar-refractivity contribution is -0.134. The summed E-state index contributed by atoms with van der Waals surface area (Å²) in [4.78, 5) is 26.9. The Hall–Kier alpha value is -2.74. The van der Waals surface area contributed by atoms with Crippen LogP contribution >= 0.6 is 11.8 Å². The van der Waals surface area contributed by atoms with Gasteiger partial charge in [0.2, 0.25) is 11.8 Å². The van der Waals surface area contributed by atoms with E-state index in [0.29, 0.717) is 42.2 Å². The van der Waals surface area contributed by atoms with Crippen LogP contribution in [0.4, 0.5) is 4.39 Å². The largest absolute Gasteiger partial charge is 0.493 e. The number of hydrogen-bond donors (Lipinski definition) is 1. The van der Waals surface area contributed by atoms with Gasteiger partial charge >= 0.3 is 0 Å². The molecule has 166 valence electrons. The van der Waals surface area contributed by atoms with E-state index in [0.717, 1.165) is 5.56 Å². The fraction of sp³-hybridized carbons (Fsp3) is 0.391. The van der Waals surface area contributed by atoms with Crippen LogP contribution in [0.2, 0.25) is 0 Å². The lowest BCUT2D eigenvalue weighted by Gasteiger charge is -2.31. The van der Waals surface area contributed by atoms with Crippen molar-refractivity contribution in [2.45, 2.75) is 24.1 Å². The summed E-state index contributed by atoms with van der Waals surface area (Å²) in [6.45, 7) is 0.504. The van der Waals surface area contributed by atoms with Gasteiger partial charge in [0.05, 0.1) is 19.5 Å². The molecule has 2 amide bonds. The van der Waals surface area contributed by atoms with E-state index in [2.05, 4.69) is 5.32 Å². The molecule has 1 heterocycles. The topological polar surface area (TPSA) is 67.9 Å². The van der Waals surface area contributed by atoms with Gasteiger partial charge in [-0.1, -0.05) is 24.3 Å². The zero-order chi connectivity index (χ0) is 22.4. The number of rotatable bonds is 8. The molecule has 0 radical (unpaired) electrons. The lowest BCUT2D eigenvalue weighted by atomic mass is 10.1. The zero-order valence-electron chi connectivity index (χ0n) is 17.9. The summed E-state index contributed by atoms with van der Waals surface area (Å²) in [5.41, 5.74) is 1.52. The quantitative estimate of drug-likeness (QED) is 0.675. The monoisotopic (exact) mass is 446 g/mol. The molecular weight excluding hydrogens is 419 g/mol. The molecule has 2 aromatic rings. The smallest absolute Gasteiger partial charge is 0.245 e. The van der Waals surface area contributed by atoms with E-state index in [-0.39, 0.29) is 17.6 Å². The number of amides is 2. The average Bonchev–Trinajstić information content (AvgIpc) is 2.79. The maximum absolute atomic E-state index is 13.9. The van der Waals surface area contributed by atoms with Gasteiger partial charge < -0.3 is 19.7 Å². The van der Waals surface area contributed by atoms with E-state index in [1.165, 1.54) is 17.8 Å². The van der Waals surface area contributed by atoms with E-state index in [9.17, 15) is 14.0 Å². The van der Waals surface area contributed by atoms with Crippen LogP contribution in [0.3, 0.4) is 0 Å². The van der Waals surface area contributed by atoms with E-state index in [1.807, 2.05) is 18.2 Å². The van der Waals surface area contributed by atoms with Crippen molar-refractivity contribution in [2.24, 2.45) is 0 Å². The first-order chi connectivity index (χ1) is 14.9. The summed E-state index contributed by atoms with van der Waals surface area (Å²) in [5.74, 6) is 1.08. The first-order valence-corrected chi connectivity index (χ1v) is 11.1. The van der Waals surface area contributed by atoms with Crippen molar-refractivity contribution in [1.29, 1.82) is 0 Å². The molecule has 1 aliphatic rings. The molecule has 0 aliphatic carbocycles. The first kappa shape index (κ1) is 22.9. The average molecular weight is 447 g/mol. The lowest BCUT2D eigenvalue weighted by Crippen LogP contribution is -2.55. The van der Waals surface area contributed by atoms with Gasteiger partial charge in [-0.2, -0.15) is 0 Å². The fourth-order valence-electron chi connectivity index (χ4n) is 3.45. The Balaban J connectivity index is 1.52. The van der Waals surface area contributed by atoms with Crippen molar-refractivity contribution in [3.63, 3.8) is 0 Å². The number of nitrogens with one attached hydrogen (secondary N) is 1. The summed E-state index contributed by atoms with van der Waals surface area (Å²) in [5, 5.41) is 2.40. The number of ether oxygens (including phenoxy) is 2. The summed E-state index contributed by atoms with van der Waals surface area (Å²) in [6.07, 6.45) is 0.950. The molecule has 8 heteroatoms. The zero-order valence-corrected chi connectivity index (χ0v) is 18.7. The Labute approximate surface area is 186 Å². The number of likely N-dealkylation sites (N-methyl/N-ethyl adjacent to an activating group) is 1. The third-order valence-electron chi connectivity index (χ3n) is 5.29. The van der Waals surface area contributed by atoms with Crippen molar-refractivity contribution >= 4 is 23.6 Å². The highest BCUT2D eigenvalue weighted by Crippen LogP contribution is 2.28. The first-order valence-electron chi connectivity index (χ1n) is 10.0. The highest BCUT2D eigenvalue weighted by Gasteiger charge is 2.34. The van der Waals surface area contributed by atoms with Crippen LogP contribution in [0.15, 0.2) is 42.5 Å². The second-order valence-electron chi connectivity index (χ2n) is 7.38. The number of benzene rings is 2. The highest BCUT2D eigenvalue weighted by molar-refractivity contribution is 8.00. The van der Waals surface area contributed by atoms with Crippen LogP contribution in [-0.2, 0) is 22.4 Å². The highest BCUT2D eigenvalue weighted by atomic mass is 32.2. The van der Waals surface area contributed by atoms with Gasteiger partial charge in [0.15, 0.2) is 11.5 Å². The molecule has 3 rings (SSSR count). The van der Waals surface area contributed by atoms with Gasteiger partial charge in [-0.25, -0.2) is 4.39 Å². The summed E-state index contributed by atoms with van der Waals surface area (Å²) >= 11 is 1.40. The van der Waals surface area contributed by atoms with Gasteiger partial charge in [-0.3, -0.25) is 9.59 Å². The number of carbonyl (C=O) groups excluding carboxylic acids is 2. The number of methoxy groups -OCH3 is 2. The molecule has 0 saturated carbocycles. The Morgan fingerprint density at radius 3 is 2.61 bits per heavy atom. The second-order valence-corrected chi connectivity index (χ2v) is 8.61. The fourth-order valence-corrected chi connectivity index (χ4v) is 4.62. The van der Waals surface area contributed by atoms with Crippen molar-refractivity contribution in [2.75, 3.05) is 33.6 Å². The van der Waals surface area contributed by atoms with Crippen molar-refractivity contribution in [3.05, 3.63) is 59.4 Å². The maximum atomic E-state index is 13.9. The Morgan fingerprint density at radius 1 is 1.19 bits per heavy atom. The van der Waals surface area contributed by atoms with Crippen molar-refractivity contribution < 1.29 is 23.5 Å². The molecule has 2 unspecified atom stereocenters. The third kappa shape index (κ3) is 5.70. The molecule has 31 heavy (non-hydrogen) atoms. The minimum Gasteiger partial charge on any atom is -0.493 e. The SMILES string of the molecule is COc1ccc(CCN(C)C(=O)C2CSC(Cc3ccccc3F)C(=O)N2)cc1OC. The Bertz CT molecular complexity index is 940. The van der Waals surface area contributed by atoms with Crippen LogP contribution in [0, 0.1) is 5.82 Å². The molecule has 1 fully saturated rings. The van der Waals surface area contributed by atoms with Crippen LogP contribution in [0.25, 0.3) is 0 Å². The molecule has 0 bridgehead atoms. The van der Waals surface area contributed by atoms with Gasteiger partial charge in [-0.15, -0.1) is 11.8 Å². The second kappa shape index (κ2) is 10.5. The van der Waals surface area contributed by atoms with Crippen LogP contribution < -0.4 is 14.8 Å². The van der Waals surface area contributed by atoms with Crippen molar-refractivity contribution in [1.82, 2.24) is 10.2 Å². The van der Waals surface area contributed by atoms with E-state index < -0.39 is 11.3 Å². The molecule has 1 aliphatic heterocycles. The normalized spacial score (nSPS) is 18.3. The van der Waals surface area contributed by atoms with Crippen LogP contribution in [0.1, 0.15) is 11.1 Å². The van der Waals surface area contributed by atoms with Crippen molar-refractivity contribution in [3.8, 4) is 11.5 Å². The molecule has 1 saturated heterocycles. The Morgan fingerprint density at radius 2 is 1.94 bits per heavy atom. The number of halogens is 1. The Kier molecular flexibility index (Phi) is 7.79. The van der Waals surface area contributed by atoms with Crippen LogP contribution in [-0.4, -0.2) is 61.6 Å². The number of nitrogens with zero attached hydrogens (tertiary/aromatic N) is 1. The third-order valence-corrected chi connectivity index (χ3v) is 6.60. The molecule has 1 N–H and O–H groups in total. The van der Waals surface area contributed by atoms with Gasteiger partial charge in [-0.05, 0) is 42.2 Å². The van der Waals surface area contributed by atoms with Gasteiger partial charge in [0.1, 0.15) is 11.9 Å². The van der Waals surface area contributed by atoms with E-state index >= 15 is 0 Å². The summed E-state index contributed by atoms with van der Waals surface area (Å²) in [6, 6.07) is 11.5. The summed E-state index contributed by atoms with van der Waals surface area (Å²) in [7, 11) is 4.90. The molecule has 0 spiro atoms. The number of carbonyl (C=O) groups is 2. The van der Waals surface area contributed by atoms with Gasteiger partial charge in [0.25, 0.3) is 0 Å². The minimum atomic E-state index is -0.579. The number of hydrogen-bond acceptors (Lipinski definition) is 5. The standard InChI is InChI=1S/C23H27FN2O4S/c1-26(11-10-15-8-9-19(29-2)20(12-15)30-3)23(28)18-14-31-21(22(27)25-18)13-16-6-4-5-7-17(16)24/h4-9,12,18,21H,10-11,13-14H2,1-3H3,(H,25,27). The molecule has 2 atom stereocenters. The molecule has 0 aromatic heterocycles. The van der Waals surface area contributed by atoms with E-state index in [4.69, 9.17) is 9.47 Å². The minimum absolute atomic E-state index is 0.134. The number of thioether (sulfide) groups is 1. The summed E-state index contributed by atoms with van der Waals surface area (Å²) < 4.78 is 24.4. The predicted octanol–water partition coefficient (Wildman–Crippen LogP) is 2.69. The molecule has 2 aromatic carbocycles. The molecule has 6 nitrogen and oxygen atoms in total. The van der Waals surface area contributed by atoms with E-state index in [1.54, 1.807) is 44.4 Å². The van der Waals surface area contributed by atoms with Crippen LogP contribution in [0.5, 0.6) is 11.5 Å². The maximum Gasteiger partial charge on any atom is 0.245 e.